The first-order chi connectivity index (χ1) is 8.08. The molecule has 0 atom stereocenters. The van der Waals surface area contributed by atoms with Crippen LogP contribution >= 0.6 is 0 Å². The van der Waals surface area contributed by atoms with Crippen molar-refractivity contribution in [1.82, 2.24) is 4.98 Å². The Morgan fingerprint density at radius 3 is 2.41 bits per heavy atom. The Kier molecular flexibility index (Phi) is 2.91. The molecule has 0 fully saturated rings. The first kappa shape index (κ1) is 11.3. The number of carbonyl (C=O) groups excluding carboxylic acids is 1. The van der Waals surface area contributed by atoms with Gasteiger partial charge < -0.3 is 5.73 Å². The molecule has 0 aliphatic carbocycles. The first-order valence-electron chi connectivity index (χ1n) is 5.41. The van der Waals surface area contributed by atoms with Crippen molar-refractivity contribution < 1.29 is 4.79 Å². The molecule has 0 saturated carbocycles. The Morgan fingerprint density at radius 2 is 1.82 bits per heavy atom. The zero-order valence-electron chi connectivity index (χ0n) is 9.90. The van der Waals surface area contributed by atoms with Crippen LogP contribution in [0.1, 0.15) is 27.2 Å². The average Bonchev–Trinajstić information content (AvgIpc) is 2.27. The number of aryl methyl sites for hydroxylation is 2. The molecule has 2 aromatic rings. The Bertz CT molecular complexity index is 556. The number of nitrogens with zero attached hydrogens (tertiary/aromatic N) is 1. The van der Waals surface area contributed by atoms with Gasteiger partial charge in [-0.15, -0.1) is 0 Å². The highest BCUT2D eigenvalue weighted by molar-refractivity contribution is 6.10. The molecule has 1 aromatic heterocycles. The Balaban J connectivity index is 2.48. The Hall–Kier alpha value is -2.16. The zero-order valence-corrected chi connectivity index (χ0v) is 9.90. The van der Waals surface area contributed by atoms with Crippen LogP contribution in [-0.2, 0) is 0 Å². The van der Waals surface area contributed by atoms with E-state index >= 15 is 0 Å². The third-order valence-electron chi connectivity index (χ3n) is 2.54. The minimum Gasteiger partial charge on any atom is -0.397 e. The molecule has 0 aliphatic heterocycles. The molecule has 1 heterocycles. The SMILES string of the molecule is Cc1cc(C)cc(C(=O)c2ncccc2N)c1. The van der Waals surface area contributed by atoms with Crippen LogP contribution in [0.5, 0.6) is 0 Å². The van der Waals surface area contributed by atoms with Crippen LogP contribution in [0.15, 0.2) is 36.5 Å². The molecule has 0 spiro atoms. The monoisotopic (exact) mass is 226 g/mol. The molecule has 0 saturated heterocycles. The normalized spacial score (nSPS) is 10.2. The highest BCUT2D eigenvalue weighted by atomic mass is 16.1. The van der Waals surface area contributed by atoms with Crippen LogP contribution in [0, 0.1) is 13.8 Å². The summed E-state index contributed by atoms with van der Waals surface area (Å²) in [6.45, 7) is 3.93. The predicted octanol–water partition coefficient (Wildman–Crippen LogP) is 2.51. The molecule has 2 N–H and O–H groups in total. The molecule has 2 rings (SSSR count). The molecule has 1 aromatic carbocycles. The Labute approximate surface area is 100 Å². The maximum absolute atomic E-state index is 12.2. The van der Waals surface area contributed by atoms with E-state index in [4.69, 9.17) is 5.73 Å². The van der Waals surface area contributed by atoms with Crippen LogP contribution < -0.4 is 5.73 Å². The fraction of sp³-hybridized carbons (Fsp3) is 0.143. The van der Waals surface area contributed by atoms with Crippen molar-refractivity contribution in [3.8, 4) is 0 Å². The van der Waals surface area contributed by atoms with E-state index < -0.39 is 0 Å². The molecule has 0 unspecified atom stereocenters. The van der Waals surface area contributed by atoms with E-state index in [1.165, 1.54) is 0 Å². The van der Waals surface area contributed by atoms with Crippen LogP contribution in [0.25, 0.3) is 0 Å². The van der Waals surface area contributed by atoms with Gasteiger partial charge in [0.15, 0.2) is 0 Å². The van der Waals surface area contributed by atoms with Gasteiger partial charge in [0.25, 0.3) is 0 Å². The van der Waals surface area contributed by atoms with E-state index in [-0.39, 0.29) is 5.78 Å². The van der Waals surface area contributed by atoms with Crippen LogP contribution in [-0.4, -0.2) is 10.8 Å². The number of carbonyl (C=O) groups is 1. The molecular weight excluding hydrogens is 212 g/mol. The molecule has 17 heavy (non-hydrogen) atoms. The second-order valence-electron chi connectivity index (χ2n) is 4.15. The molecule has 0 radical (unpaired) electrons. The Morgan fingerprint density at radius 1 is 1.18 bits per heavy atom. The number of hydrogen-bond acceptors (Lipinski definition) is 3. The molecule has 3 nitrogen and oxygen atoms in total. The largest absolute Gasteiger partial charge is 0.397 e. The number of hydrogen-bond donors (Lipinski definition) is 1. The fourth-order valence-electron chi connectivity index (χ4n) is 1.85. The first-order valence-corrected chi connectivity index (χ1v) is 5.41. The molecular formula is C14H14N2O. The summed E-state index contributed by atoms with van der Waals surface area (Å²) in [7, 11) is 0. The lowest BCUT2D eigenvalue weighted by atomic mass is 10.0. The second kappa shape index (κ2) is 4.37. The summed E-state index contributed by atoms with van der Waals surface area (Å²) in [4.78, 5) is 16.3. The fourth-order valence-corrected chi connectivity index (χ4v) is 1.85. The number of benzene rings is 1. The number of rotatable bonds is 2. The molecule has 0 aliphatic rings. The minimum atomic E-state index is -0.130. The summed E-state index contributed by atoms with van der Waals surface area (Å²) in [6.07, 6.45) is 1.58. The van der Waals surface area contributed by atoms with Crippen molar-refractivity contribution >= 4 is 11.5 Å². The van der Waals surface area contributed by atoms with Gasteiger partial charge in [0, 0.05) is 11.8 Å². The smallest absolute Gasteiger partial charge is 0.213 e. The summed E-state index contributed by atoms with van der Waals surface area (Å²) >= 11 is 0. The summed E-state index contributed by atoms with van der Waals surface area (Å²) in [5, 5.41) is 0. The van der Waals surface area contributed by atoms with Gasteiger partial charge in [0.2, 0.25) is 5.78 Å². The number of nitrogen functional groups attached to an aromatic ring is 1. The van der Waals surface area contributed by atoms with Crippen molar-refractivity contribution in [2.75, 3.05) is 5.73 Å². The van der Waals surface area contributed by atoms with Crippen molar-refractivity contribution in [2.24, 2.45) is 0 Å². The van der Waals surface area contributed by atoms with Crippen LogP contribution in [0.2, 0.25) is 0 Å². The van der Waals surface area contributed by atoms with Gasteiger partial charge in [0.1, 0.15) is 5.69 Å². The predicted molar refractivity (Wildman–Crippen MR) is 68.0 cm³/mol. The third kappa shape index (κ3) is 2.33. The third-order valence-corrected chi connectivity index (χ3v) is 2.54. The molecule has 86 valence electrons. The van der Waals surface area contributed by atoms with Crippen molar-refractivity contribution in [1.29, 1.82) is 0 Å². The van der Waals surface area contributed by atoms with Gasteiger partial charge in [-0.1, -0.05) is 17.2 Å². The number of aromatic nitrogens is 1. The van der Waals surface area contributed by atoms with Crippen LogP contribution in [0.3, 0.4) is 0 Å². The number of anilines is 1. The topological polar surface area (TPSA) is 56.0 Å². The lowest BCUT2D eigenvalue weighted by Crippen LogP contribution is -2.08. The number of nitrogens with two attached hydrogens (primary N) is 1. The van der Waals surface area contributed by atoms with Crippen molar-refractivity contribution in [3.05, 3.63) is 58.9 Å². The minimum absolute atomic E-state index is 0.130. The van der Waals surface area contributed by atoms with Gasteiger partial charge in [-0.2, -0.15) is 0 Å². The molecule has 0 amide bonds. The highest BCUT2D eigenvalue weighted by Gasteiger charge is 2.13. The van der Waals surface area contributed by atoms with Crippen molar-refractivity contribution in [3.63, 3.8) is 0 Å². The maximum atomic E-state index is 12.2. The zero-order chi connectivity index (χ0) is 12.4. The van der Waals surface area contributed by atoms with Crippen LogP contribution in [0.4, 0.5) is 5.69 Å². The maximum Gasteiger partial charge on any atom is 0.213 e. The summed E-state index contributed by atoms with van der Waals surface area (Å²) in [6, 6.07) is 9.13. The lowest BCUT2D eigenvalue weighted by Gasteiger charge is -2.05. The number of ketones is 1. The van der Waals surface area contributed by atoms with Gasteiger partial charge >= 0.3 is 0 Å². The van der Waals surface area contributed by atoms with E-state index in [1.54, 1.807) is 18.3 Å². The van der Waals surface area contributed by atoms with E-state index in [0.717, 1.165) is 11.1 Å². The summed E-state index contributed by atoms with van der Waals surface area (Å²) < 4.78 is 0. The number of pyridine rings is 1. The van der Waals surface area contributed by atoms with Gasteiger partial charge in [-0.25, -0.2) is 0 Å². The van der Waals surface area contributed by atoms with E-state index in [0.29, 0.717) is 16.9 Å². The van der Waals surface area contributed by atoms with E-state index in [9.17, 15) is 4.79 Å². The van der Waals surface area contributed by atoms with E-state index in [2.05, 4.69) is 4.98 Å². The molecule has 0 bridgehead atoms. The average molecular weight is 226 g/mol. The van der Waals surface area contributed by atoms with E-state index in [1.807, 2.05) is 32.0 Å². The quantitative estimate of drug-likeness (QED) is 0.800. The summed E-state index contributed by atoms with van der Waals surface area (Å²) in [5.74, 6) is -0.130. The highest BCUT2D eigenvalue weighted by Crippen LogP contribution is 2.16. The molecule has 3 heteroatoms. The second-order valence-corrected chi connectivity index (χ2v) is 4.15. The van der Waals surface area contributed by atoms with Gasteiger partial charge in [0.05, 0.1) is 5.69 Å². The lowest BCUT2D eigenvalue weighted by molar-refractivity contribution is 0.103. The van der Waals surface area contributed by atoms with Gasteiger partial charge in [-0.3, -0.25) is 9.78 Å². The van der Waals surface area contributed by atoms with Gasteiger partial charge in [-0.05, 0) is 38.1 Å². The summed E-state index contributed by atoms with van der Waals surface area (Å²) in [5.41, 5.74) is 9.23. The van der Waals surface area contributed by atoms with Crippen molar-refractivity contribution in [2.45, 2.75) is 13.8 Å². The standard InChI is InChI=1S/C14H14N2O/c1-9-6-10(2)8-11(7-9)14(17)13-12(15)4-3-5-16-13/h3-8H,15H2,1-2H3.